The molecule has 0 spiro atoms. The summed E-state index contributed by atoms with van der Waals surface area (Å²) in [7, 11) is 0. The van der Waals surface area contributed by atoms with Crippen LogP contribution in [0.2, 0.25) is 0 Å². The number of piperidine rings is 1. The van der Waals surface area contributed by atoms with Gasteiger partial charge in [-0.05, 0) is 50.6 Å². The first-order valence-corrected chi connectivity index (χ1v) is 8.66. The minimum absolute atomic E-state index is 0.145. The molecule has 134 valence electrons. The zero-order valence-corrected chi connectivity index (χ0v) is 14.3. The van der Waals surface area contributed by atoms with Crippen molar-refractivity contribution in [3.63, 3.8) is 0 Å². The van der Waals surface area contributed by atoms with Gasteiger partial charge in [0.05, 0.1) is 11.4 Å². The van der Waals surface area contributed by atoms with Crippen molar-refractivity contribution in [1.82, 2.24) is 9.88 Å². The molecule has 6 heteroatoms. The molecular formula is C19H24N2O4. The Kier molecular flexibility index (Phi) is 5.50. The molecule has 1 fully saturated rings. The Hall–Kier alpha value is -2.18. The maximum absolute atomic E-state index is 11.1. The Morgan fingerprint density at radius 2 is 2.24 bits per heavy atom. The zero-order valence-electron chi connectivity index (χ0n) is 14.3. The molecule has 25 heavy (non-hydrogen) atoms. The van der Waals surface area contributed by atoms with Crippen LogP contribution >= 0.6 is 0 Å². The summed E-state index contributed by atoms with van der Waals surface area (Å²) in [5, 5.41) is 20.4. The number of hydrogen-bond acceptors (Lipinski definition) is 5. The van der Waals surface area contributed by atoms with Gasteiger partial charge in [0.2, 0.25) is 0 Å². The van der Waals surface area contributed by atoms with Crippen LogP contribution in [0.15, 0.2) is 36.5 Å². The van der Waals surface area contributed by atoms with Gasteiger partial charge in [-0.25, -0.2) is 0 Å². The number of carboxylic acid groups (broad SMARTS) is 1. The zero-order chi connectivity index (χ0) is 17.8. The van der Waals surface area contributed by atoms with E-state index < -0.39 is 12.1 Å². The molecule has 2 aromatic rings. The Morgan fingerprint density at radius 3 is 3.00 bits per heavy atom. The van der Waals surface area contributed by atoms with Crippen LogP contribution in [0.3, 0.4) is 0 Å². The lowest BCUT2D eigenvalue weighted by Crippen LogP contribution is -2.46. The van der Waals surface area contributed by atoms with Crippen LogP contribution < -0.4 is 4.74 Å². The number of hydrogen-bond donors (Lipinski definition) is 2. The first-order valence-electron chi connectivity index (χ1n) is 8.66. The highest BCUT2D eigenvalue weighted by molar-refractivity contribution is 5.84. The van der Waals surface area contributed by atoms with E-state index >= 15 is 0 Å². The monoisotopic (exact) mass is 344 g/mol. The summed E-state index contributed by atoms with van der Waals surface area (Å²) in [5.74, 6) is -0.287. The first-order chi connectivity index (χ1) is 12.0. The van der Waals surface area contributed by atoms with Gasteiger partial charge in [0.25, 0.3) is 0 Å². The molecule has 2 N–H and O–H groups in total. The van der Waals surface area contributed by atoms with E-state index in [9.17, 15) is 9.90 Å². The van der Waals surface area contributed by atoms with E-state index in [2.05, 4.69) is 9.88 Å². The van der Waals surface area contributed by atoms with Gasteiger partial charge < -0.3 is 14.9 Å². The average molecular weight is 344 g/mol. The van der Waals surface area contributed by atoms with Crippen molar-refractivity contribution in [3.05, 3.63) is 36.5 Å². The fourth-order valence-electron chi connectivity index (χ4n) is 3.43. The standard InChI is InChI=1S/C19H24N2O4/c1-13-10-14(19(23)24)7-9-21(13)11-15(22)12-25-18-6-2-5-17-16(18)4-3-8-20-17/h2-6,8,13-15,22H,7,9-12H2,1H3,(H,23,24). The SMILES string of the molecule is CC1CC(C(=O)O)CCN1CC(O)COc1cccc2ncccc12. The second-order valence-corrected chi connectivity index (χ2v) is 6.69. The van der Waals surface area contributed by atoms with Crippen molar-refractivity contribution in [2.24, 2.45) is 5.92 Å². The highest BCUT2D eigenvalue weighted by atomic mass is 16.5. The van der Waals surface area contributed by atoms with Crippen LogP contribution in [0.1, 0.15) is 19.8 Å². The normalized spacial score (nSPS) is 22.6. The lowest BCUT2D eigenvalue weighted by molar-refractivity contribution is -0.144. The van der Waals surface area contributed by atoms with Crippen LogP contribution in [0.4, 0.5) is 0 Å². The van der Waals surface area contributed by atoms with Crippen LogP contribution in [-0.4, -0.2) is 57.9 Å². The van der Waals surface area contributed by atoms with Crippen molar-refractivity contribution in [1.29, 1.82) is 0 Å². The number of carboxylic acids is 1. The van der Waals surface area contributed by atoms with Gasteiger partial charge in [-0.15, -0.1) is 0 Å². The number of aliphatic carboxylic acids is 1. The molecule has 0 bridgehead atoms. The Labute approximate surface area is 147 Å². The fraction of sp³-hybridized carbons (Fsp3) is 0.474. The highest BCUT2D eigenvalue weighted by Crippen LogP contribution is 2.25. The molecule has 2 heterocycles. The smallest absolute Gasteiger partial charge is 0.306 e. The third-order valence-corrected chi connectivity index (χ3v) is 4.85. The number of carbonyl (C=O) groups is 1. The third-order valence-electron chi connectivity index (χ3n) is 4.85. The number of ether oxygens (including phenoxy) is 1. The second-order valence-electron chi connectivity index (χ2n) is 6.69. The van der Waals surface area contributed by atoms with Gasteiger partial charge in [0.15, 0.2) is 0 Å². The number of nitrogens with zero attached hydrogens (tertiary/aromatic N) is 2. The fourth-order valence-corrected chi connectivity index (χ4v) is 3.43. The molecule has 1 aliphatic heterocycles. The summed E-state index contributed by atoms with van der Waals surface area (Å²) < 4.78 is 5.81. The van der Waals surface area contributed by atoms with E-state index in [-0.39, 0.29) is 18.6 Å². The van der Waals surface area contributed by atoms with Gasteiger partial charge in [0, 0.05) is 24.2 Å². The maximum Gasteiger partial charge on any atom is 0.306 e. The van der Waals surface area contributed by atoms with Gasteiger partial charge in [0.1, 0.15) is 18.5 Å². The number of pyridine rings is 1. The molecule has 0 radical (unpaired) electrons. The maximum atomic E-state index is 11.1. The molecule has 3 rings (SSSR count). The van der Waals surface area contributed by atoms with Gasteiger partial charge in [-0.3, -0.25) is 14.7 Å². The largest absolute Gasteiger partial charge is 0.490 e. The van der Waals surface area contributed by atoms with Crippen LogP contribution in [0, 0.1) is 5.92 Å². The van der Waals surface area contributed by atoms with Crippen molar-refractivity contribution >= 4 is 16.9 Å². The lowest BCUT2D eigenvalue weighted by Gasteiger charge is -2.37. The average Bonchev–Trinajstić information content (AvgIpc) is 2.61. The predicted molar refractivity (Wildman–Crippen MR) is 94.6 cm³/mol. The van der Waals surface area contributed by atoms with Crippen molar-refractivity contribution < 1.29 is 19.7 Å². The van der Waals surface area contributed by atoms with E-state index in [1.807, 2.05) is 37.3 Å². The summed E-state index contributed by atoms with van der Waals surface area (Å²) in [4.78, 5) is 17.5. The lowest BCUT2D eigenvalue weighted by atomic mass is 9.91. The van der Waals surface area contributed by atoms with E-state index in [0.29, 0.717) is 31.7 Å². The number of aliphatic hydroxyl groups is 1. The van der Waals surface area contributed by atoms with E-state index in [1.54, 1.807) is 6.20 Å². The number of β-amino-alcohol motifs (C(OH)–C–C–N with tert-alkyl or cyclic N) is 1. The molecule has 1 aromatic carbocycles. The molecule has 0 aliphatic carbocycles. The topological polar surface area (TPSA) is 82.9 Å². The van der Waals surface area contributed by atoms with Crippen LogP contribution in [-0.2, 0) is 4.79 Å². The predicted octanol–water partition coefficient (Wildman–Crippen LogP) is 2.16. The minimum atomic E-state index is -0.722. The highest BCUT2D eigenvalue weighted by Gasteiger charge is 2.30. The summed E-state index contributed by atoms with van der Waals surface area (Å²) >= 11 is 0. The Bertz CT molecular complexity index is 731. The van der Waals surface area contributed by atoms with E-state index in [4.69, 9.17) is 9.84 Å². The molecule has 3 atom stereocenters. The van der Waals surface area contributed by atoms with Crippen molar-refractivity contribution in [2.45, 2.75) is 31.9 Å². The Balaban J connectivity index is 1.54. The number of benzene rings is 1. The molecule has 0 amide bonds. The Morgan fingerprint density at radius 1 is 1.40 bits per heavy atom. The van der Waals surface area contributed by atoms with Gasteiger partial charge >= 0.3 is 5.97 Å². The molecule has 3 unspecified atom stereocenters. The summed E-state index contributed by atoms with van der Waals surface area (Å²) in [6, 6.07) is 9.63. The summed E-state index contributed by atoms with van der Waals surface area (Å²) in [5.41, 5.74) is 0.860. The number of likely N-dealkylation sites (tertiary alicyclic amines) is 1. The number of aliphatic hydroxyl groups excluding tert-OH is 1. The van der Waals surface area contributed by atoms with Crippen molar-refractivity contribution in [3.8, 4) is 5.75 Å². The molecule has 0 saturated carbocycles. The van der Waals surface area contributed by atoms with E-state index in [0.717, 1.165) is 10.9 Å². The molecule has 1 saturated heterocycles. The number of fused-ring (bicyclic) bond motifs is 1. The van der Waals surface area contributed by atoms with Gasteiger partial charge in [-0.1, -0.05) is 6.07 Å². The first kappa shape index (κ1) is 17.6. The van der Waals surface area contributed by atoms with Crippen LogP contribution in [0.25, 0.3) is 10.9 Å². The van der Waals surface area contributed by atoms with Crippen molar-refractivity contribution in [2.75, 3.05) is 19.7 Å². The summed E-state index contributed by atoms with van der Waals surface area (Å²) in [6.45, 7) is 3.38. The molecular weight excluding hydrogens is 320 g/mol. The third kappa shape index (κ3) is 4.27. The number of rotatable bonds is 6. The quantitative estimate of drug-likeness (QED) is 0.836. The molecule has 6 nitrogen and oxygen atoms in total. The number of aromatic nitrogens is 1. The molecule has 1 aliphatic rings. The summed E-state index contributed by atoms with van der Waals surface area (Å²) in [6.07, 6.45) is 2.36. The van der Waals surface area contributed by atoms with E-state index in [1.165, 1.54) is 0 Å². The minimum Gasteiger partial charge on any atom is -0.490 e. The van der Waals surface area contributed by atoms with Crippen LogP contribution in [0.5, 0.6) is 5.75 Å². The molecule has 1 aromatic heterocycles. The second kappa shape index (κ2) is 7.80. The van der Waals surface area contributed by atoms with Gasteiger partial charge in [-0.2, -0.15) is 0 Å².